The van der Waals surface area contributed by atoms with Crippen molar-refractivity contribution in [3.8, 4) is 0 Å². The highest BCUT2D eigenvalue weighted by atomic mass is 31.1. The van der Waals surface area contributed by atoms with E-state index in [4.69, 9.17) is 5.11 Å². The quantitative estimate of drug-likeness (QED) is 0.511. The lowest BCUT2D eigenvalue weighted by molar-refractivity contribution is -0.147. The first-order valence-corrected chi connectivity index (χ1v) is 5.15. The normalized spacial score (nSPS) is 22.0. The van der Waals surface area contributed by atoms with Gasteiger partial charge in [0.05, 0.1) is 0 Å². The number of carboxylic acids is 1. The molecular weight excluding hydrogens is 163 g/mol. The van der Waals surface area contributed by atoms with Crippen LogP contribution in [0.4, 0.5) is 0 Å². The monoisotopic (exact) mass is 172 g/mol. The van der Waals surface area contributed by atoms with Crippen molar-refractivity contribution in [2.24, 2.45) is 0 Å². The first-order valence-electron chi connectivity index (χ1n) is 3.37. The number of carbonyl (C=O) groups is 2. The Morgan fingerprint density at radius 3 is 2.73 bits per heavy atom. The van der Waals surface area contributed by atoms with Crippen LogP contribution in [-0.2, 0) is 9.59 Å². The molecule has 0 fully saturated rings. The van der Waals surface area contributed by atoms with E-state index < -0.39 is 19.7 Å². The number of Topliss-reactive ketones (excluding diaryl/α,β-unsaturated/α-hetero) is 1. The van der Waals surface area contributed by atoms with Gasteiger partial charge in [-0.2, -0.15) is 0 Å². The maximum absolute atomic E-state index is 10.7. The first-order chi connectivity index (χ1) is 5.20. The van der Waals surface area contributed by atoms with Crippen molar-refractivity contribution >= 4 is 19.7 Å². The van der Waals surface area contributed by atoms with E-state index in [1.54, 1.807) is 0 Å². The molecule has 1 heterocycles. The summed E-state index contributed by atoms with van der Waals surface area (Å²) in [6.45, 7) is 0. The standard InChI is InChI=1S/C7H9O3P/c8-6(7(9)10)5-11-3-1-2-4-11/h1,3H,2,4-5H2,(H,9,10). The number of hydrogen-bond acceptors (Lipinski definition) is 2. The van der Waals surface area contributed by atoms with Crippen LogP contribution in [-0.4, -0.2) is 29.2 Å². The summed E-state index contributed by atoms with van der Waals surface area (Å²) in [5, 5.41) is 8.28. The van der Waals surface area contributed by atoms with Crippen LogP contribution in [0.5, 0.6) is 0 Å². The molecular formula is C7H9O3P. The van der Waals surface area contributed by atoms with Crippen LogP contribution >= 0.6 is 7.92 Å². The molecule has 0 spiro atoms. The lowest BCUT2D eigenvalue weighted by Crippen LogP contribution is -2.15. The van der Waals surface area contributed by atoms with Crippen LogP contribution in [0.3, 0.4) is 0 Å². The minimum absolute atomic E-state index is 0.223. The molecule has 1 rings (SSSR count). The highest BCUT2D eigenvalue weighted by molar-refractivity contribution is 7.62. The highest BCUT2D eigenvalue weighted by Gasteiger charge is 2.17. The third-order valence-electron chi connectivity index (χ3n) is 1.48. The van der Waals surface area contributed by atoms with Gasteiger partial charge in [-0.05, 0) is 12.6 Å². The first kappa shape index (κ1) is 8.41. The van der Waals surface area contributed by atoms with Crippen molar-refractivity contribution in [3.05, 3.63) is 11.9 Å². The number of rotatable bonds is 3. The van der Waals surface area contributed by atoms with E-state index in [0.29, 0.717) is 0 Å². The van der Waals surface area contributed by atoms with Gasteiger partial charge in [-0.25, -0.2) is 4.79 Å². The van der Waals surface area contributed by atoms with Crippen LogP contribution in [0.25, 0.3) is 0 Å². The molecule has 0 aromatic carbocycles. The molecule has 11 heavy (non-hydrogen) atoms. The SMILES string of the molecule is O=C(O)C(=O)CP1C=CCC1. The Balaban J connectivity index is 2.36. The number of carboxylic acid groups (broad SMARTS) is 1. The topological polar surface area (TPSA) is 54.4 Å². The summed E-state index contributed by atoms with van der Waals surface area (Å²) < 4.78 is 0. The molecule has 1 N–H and O–H groups in total. The Morgan fingerprint density at radius 1 is 1.55 bits per heavy atom. The summed E-state index contributed by atoms with van der Waals surface area (Å²) in [5.41, 5.74) is 0. The minimum atomic E-state index is -1.30. The molecule has 0 bridgehead atoms. The van der Waals surface area contributed by atoms with Gasteiger partial charge in [0, 0.05) is 6.16 Å². The lowest BCUT2D eigenvalue weighted by atomic mass is 10.5. The Morgan fingerprint density at radius 2 is 2.27 bits per heavy atom. The van der Waals surface area contributed by atoms with Gasteiger partial charge >= 0.3 is 5.97 Å². The molecule has 4 heteroatoms. The molecule has 60 valence electrons. The molecule has 1 atom stereocenters. The summed E-state index contributed by atoms with van der Waals surface area (Å²) in [6.07, 6.45) is 4.22. The number of ketones is 1. The van der Waals surface area contributed by atoms with Gasteiger partial charge in [0.25, 0.3) is 0 Å². The van der Waals surface area contributed by atoms with Crippen molar-refractivity contribution in [2.45, 2.75) is 6.42 Å². The van der Waals surface area contributed by atoms with E-state index in [1.807, 2.05) is 11.9 Å². The Labute approximate surface area is 65.9 Å². The smallest absolute Gasteiger partial charge is 0.372 e. The largest absolute Gasteiger partial charge is 0.475 e. The highest BCUT2D eigenvalue weighted by Crippen LogP contribution is 2.42. The third-order valence-corrected chi connectivity index (χ3v) is 3.64. The van der Waals surface area contributed by atoms with Gasteiger partial charge in [0.15, 0.2) is 0 Å². The Kier molecular flexibility index (Phi) is 2.77. The molecule has 3 nitrogen and oxygen atoms in total. The maximum atomic E-state index is 10.7. The molecule has 1 unspecified atom stereocenters. The Hall–Kier alpha value is -0.690. The molecule has 0 amide bonds. The number of allylic oxidation sites excluding steroid dienone is 1. The van der Waals surface area contributed by atoms with Crippen LogP contribution in [0.15, 0.2) is 11.9 Å². The summed E-state index contributed by atoms with van der Waals surface area (Å²) in [4.78, 5) is 20.8. The van der Waals surface area contributed by atoms with Gasteiger partial charge in [0.2, 0.25) is 5.78 Å². The molecule has 0 aromatic heterocycles. The summed E-state index contributed by atoms with van der Waals surface area (Å²) in [5.74, 6) is 0.0337. The average molecular weight is 172 g/mol. The fraction of sp³-hybridized carbons (Fsp3) is 0.429. The molecule has 0 saturated heterocycles. The molecule has 0 aromatic rings. The van der Waals surface area contributed by atoms with Gasteiger partial charge < -0.3 is 5.11 Å². The fourth-order valence-electron chi connectivity index (χ4n) is 0.922. The van der Waals surface area contributed by atoms with Crippen LogP contribution in [0, 0.1) is 0 Å². The van der Waals surface area contributed by atoms with Crippen LogP contribution in [0.2, 0.25) is 0 Å². The number of aliphatic carboxylic acids is 1. The summed E-state index contributed by atoms with van der Waals surface area (Å²) >= 11 is 0. The van der Waals surface area contributed by atoms with E-state index >= 15 is 0 Å². The van der Waals surface area contributed by atoms with Gasteiger partial charge in [0.1, 0.15) is 0 Å². The van der Waals surface area contributed by atoms with Gasteiger partial charge in [-0.1, -0.05) is 19.8 Å². The third kappa shape index (κ3) is 2.43. The van der Waals surface area contributed by atoms with Crippen molar-refractivity contribution in [1.29, 1.82) is 0 Å². The van der Waals surface area contributed by atoms with Crippen molar-refractivity contribution in [3.63, 3.8) is 0 Å². The molecule has 1 aliphatic heterocycles. The van der Waals surface area contributed by atoms with Crippen LogP contribution < -0.4 is 0 Å². The second-order valence-electron chi connectivity index (χ2n) is 2.37. The predicted octanol–water partition coefficient (Wildman–Crippen LogP) is 1.04. The molecule has 0 aliphatic carbocycles. The zero-order valence-corrected chi connectivity index (χ0v) is 6.88. The second kappa shape index (κ2) is 3.63. The average Bonchev–Trinajstić information content (AvgIpc) is 2.39. The van der Waals surface area contributed by atoms with Gasteiger partial charge in [-0.15, -0.1) is 0 Å². The fourth-order valence-corrected chi connectivity index (χ4v) is 2.77. The van der Waals surface area contributed by atoms with Crippen molar-refractivity contribution < 1.29 is 14.7 Å². The van der Waals surface area contributed by atoms with Crippen molar-refractivity contribution in [2.75, 3.05) is 12.3 Å². The molecule has 1 aliphatic rings. The van der Waals surface area contributed by atoms with E-state index in [2.05, 4.69) is 0 Å². The lowest BCUT2D eigenvalue weighted by Gasteiger charge is -2.02. The molecule has 0 radical (unpaired) electrons. The predicted molar refractivity (Wildman–Crippen MR) is 43.1 cm³/mol. The summed E-state index contributed by atoms with van der Waals surface area (Å²) in [7, 11) is -0.428. The Bertz CT molecular complexity index is 210. The van der Waals surface area contributed by atoms with Crippen molar-refractivity contribution in [1.82, 2.24) is 0 Å². The van der Waals surface area contributed by atoms with E-state index in [-0.39, 0.29) is 6.16 Å². The van der Waals surface area contributed by atoms with E-state index in [0.717, 1.165) is 12.6 Å². The summed E-state index contributed by atoms with van der Waals surface area (Å²) in [6, 6.07) is 0. The van der Waals surface area contributed by atoms with Gasteiger partial charge in [-0.3, -0.25) is 4.79 Å². The molecule has 0 saturated carbocycles. The van der Waals surface area contributed by atoms with E-state index in [1.165, 1.54) is 0 Å². The zero-order chi connectivity index (χ0) is 8.27. The number of hydrogen-bond donors (Lipinski definition) is 1. The van der Waals surface area contributed by atoms with Crippen LogP contribution in [0.1, 0.15) is 6.42 Å². The number of carbonyl (C=O) groups excluding carboxylic acids is 1. The minimum Gasteiger partial charge on any atom is -0.475 e. The maximum Gasteiger partial charge on any atom is 0.372 e. The van der Waals surface area contributed by atoms with E-state index in [9.17, 15) is 9.59 Å². The second-order valence-corrected chi connectivity index (χ2v) is 4.61. The zero-order valence-electron chi connectivity index (χ0n) is 5.99.